The van der Waals surface area contributed by atoms with Gasteiger partial charge in [0, 0.05) is 6.42 Å². The molecule has 2 aromatic heterocycles. The van der Waals surface area contributed by atoms with E-state index >= 15 is 0 Å². The summed E-state index contributed by atoms with van der Waals surface area (Å²) in [5.41, 5.74) is 3.93. The molecule has 2 aromatic carbocycles. The molecule has 124 valence electrons. The summed E-state index contributed by atoms with van der Waals surface area (Å²) in [4.78, 5) is 16.1. The number of hydrogen-bond donors (Lipinski definition) is 1. The number of imidazole rings is 1. The number of benzene rings is 2. The van der Waals surface area contributed by atoms with Gasteiger partial charge in [0.05, 0.1) is 6.20 Å². The van der Waals surface area contributed by atoms with Crippen molar-refractivity contribution in [1.29, 1.82) is 0 Å². The smallest absolute Gasteiger partial charge is 0.301 e. The normalized spacial score (nSPS) is 10.9. The van der Waals surface area contributed by atoms with Crippen molar-refractivity contribution in [3.63, 3.8) is 0 Å². The van der Waals surface area contributed by atoms with Crippen molar-refractivity contribution in [3.8, 4) is 11.8 Å². The van der Waals surface area contributed by atoms with Crippen LogP contribution in [0.5, 0.6) is 11.8 Å². The van der Waals surface area contributed by atoms with Crippen LogP contribution in [-0.4, -0.2) is 19.9 Å². The number of H-pyrrole nitrogens is 1. The van der Waals surface area contributed by atoms with E-state index < -0.39 is 0 Å². The third-order valence-corrected chi connectivity index (χ3v) is 3.97. The van der Waals surface area contributed by atoms with E-state index in [1.165, 1.54) is 11.1 Å². The molecular formula is C20H18N4O. The van der Waals surface area contributed by atoms with Gasteiger partial charge in [-0.05, 0) is 29.7 Å². The molecule has 0 saturated carbocycles. The van der Waals surface area contributed by atoms with Gasteiger partial charge in [-0.1, -0.05) is 49.4 Å². The fourth-order valence-corrected chi connectivity index (χ4v) is 2.66. The van der Waals surface area contributed by atoms with Crippen molar-refractivity contribution in [2.45, 2.75) is 19.8 Å². The molecule has 0 bridgehead atoms. The molecule has 0 aliphatic heterocycles. The van der Waals surface area contributed by atoms with E-state index in [-0.39, 0.29) is 0 Å². The molecule has 0 radical (unpaired) electrons. The highest BCUT2D eigenvalue weighted by Gasteiger charge is 2.07. The predicted octanol–water partition coefficient (Wildman–Crippen LogP) is 4.30. The molecule has 1 N–H and O–H groups in total. The van der Waals surface area contributed by atoms with Crippen LogP contribution in [0, 0.1) is 0 Å². The Hall–Kier alpha value is -3.21. The largest absolute Gasteiger partial charge is 0.426 e. The molecule has 5 heteroatoms. The summed E-state index contributed by atoms with van der Waals surface area (Å²) in [6, 6.07) is 18.9. The third-order valence-electron chi connectivity index (χ3n) is 3.97. The highest BCUT2D eigenvalue weighted by atomic mass is 16.5. The molecule has 0 fully saturated rings. The number of fused-ring (bicyclic) bond motifs is 1. The second-order valence-electron chi connectivity index (χ2n) is 5.83. The Kier molecular flexibility index (Phi) is 4.12. The summed E-state index contributed by atoms with van der Waals surface area (Å²) in [6.45, 7) is 2.02. The molecule has 4 aromatic rings. The van der Waals surface area contributed by atoms with Crippen LogP contribution < -0.4 is 4.74 Å². The fourth-order valence-electron chi connectivity index (χ4n) is 2.66. The minimum atomic E-state index is 0.424. The molecule has 0 atom stereocenters. The van der Waals surface area contributed by atoms with Crippen LogP contribution in [0.15, 0.2) is 60.8 Å². The lowest BCUT2D eigenvalue weighted by Gasteiger charge is -2.04. The first-order valence-corrected chi connectivity index (χ1v) is 8.32. The van der Waals surface area contributed by atoms with Crippen LogP contribution in [0.25, 0.3) is 11.2 Å². The molecule has 25 heavy (non-hydrogen) atoms. The zero-order valence-electron chi connectivity index (χ0n) is 13.9. The highest BCUT2D eigenvalue weighted by molar-refractivity contribution is 5.70. The lowest BCUT2D eigenvalue weighted by Crippen LogP contribution is -1.91. The van der Waals surface area contributed by atoms with E-state index in [9.17, 15) is 0 Å². The van der Waals surface area contributed by atoms with E-state index in [1.807, 2.05) is 25.1 Å². The van der Waals surface area contributed by atoms with E-state index in [0.29, 0.717) is 11.7 Å². The van der Waals surface area contributed by atoms with Gasteiger partial charge in [-0.3, -0.25) is 0 Å². The Labute approximate surface area is 145 Å². The van der Waals surface area contributed by atoms with Crippen molar-refractivity contribution in [1.82, 2.24) is 19.9 Å². The number of rotatable bonds is 5. The van der Waals surface area contributed by atoms with Crippen molar-refractivity contribution >= 4 is 11.2 Å². The number of nitrogens with zero attached hydrogens (tertiary/aromatic N) is 3. The average molecular weight is 330 g/mol. The molecule has 0 unspecified atom stereocenters. The van der Waals surface area contributed by atoms with Gasteiger partial charge in [0.15, 0.2) is 5.65 Å². The Balaban J connectivity index is 1.49. The van der Waals surface area contributed by atoms with Crippen LogP contribution in [0.1, 0.15) is 23.9 Å². The standard InChI is InChI=1S/C20H18N4O/c1-2-18-21-13-17-19(23-18)24-20(22-17)25-16-10-8-15(9-11-16)12-14-6-4-3-5-7-14/h3-11,13H,2,12H2,1H3,(H,21,22,23,24). The molecule has 4 rings (SSSR count). The summed E-state index contributed by atoms with van der Waals surface area (Å²) in [5.74, 6) is 1.51. The van der Waals surface area contributed by atoms with Crippen molar-refractivity contribution in [2.75, 3.05) is 0 Å². The summed E-state index contributed by atoms with van der Waals surface area (Å²) >= 11 is 0. The first-order valence-electron chi connectivity index (χ1n) is 8.32. The van der Waals surface area contributed by atoms with E-state index in [4.69, 9.17) is 4.74 Å². The average Bonchev–Trinajstić information content (AvgIpc) is 3.05. The number of ether oxygens (including phenoxy) is 1. The van der Waals surface area contributed by atoms with Crippen LogP contribution >= 0.6 is 0 Å². The van der Waals surface area contributed by atoms with Gasteiger partial charge in [0.2, 0.25) is 0 Å². The first kappa shape index (κ1) is 15.3. The molecule has 5 nitrogen and oxygen atoms in total. The van der Waals surface area contributed by atoms with Gasteiger partial charge in [-0.15, -0.1) is 0 Å². The summed E-state index contributed by atoms with van der Waals surface area (Å²) in [5, 5.41) is 0. The minimum Gasteiger partial charge on any atom is -0.426 e. The molecular weight excluding hydrogens is 312 g/mol. The van der Waals surface area contributed by atoms with E-state index in [2.05, 4.69) is 56.3 Å². The van der Waals surface area contributed by atoms with Crippen molar-refractivity contribution < 1.29 is 4.74 Å². The number of nitrogens with one attached hydrogen (secondary N) is 1. The lowest BCUT2D eigenvalue weighted by atomic mass is 10.1. The quantitative estimate of drug-likeness (QED) is 0.592. The van der Waals surface area contributed by atoms with E-state index in [1.54, 1.807) is 6.20 Å². The zero-order valence-corrected chi connectivity index (χ0v) is 13.9. The maximum absolute atomic E-state index is 5.81. The molecule has 0 aliphatic carbocycles. The van der Waals surface area contributed by atoms with Gasteiger partial charge < -0.3 is 9.72 Å². The predicted molar refractivity (Wildman–Crippen MR) is 96.8 cm³/mol. The lowest BCUT2D eigenvalue weighted by molar-refractivity contribution is 0.449. The number of hydrogen-bond acceptors (Lipinski definition) is 4. The second-order valence-corrected chi connectivity index (χ2v) is 5.83. The van der Waals surface area contributed by atoms with Crippen molar-refractivity contribution in [2.24, 2.45) is 0 Å². The molecule has 0 saturated heterocycles. The highest BCUT2D eigenvalue weighted by Crippen LogP contribution is 2.22. The summed E-state index contributed by atoms with van der Waals surface area (Å²) in [6.07, 6.45) is 3.42. The minimum absolute atomic E-state index is 0.424. The van der Waals surface area contributed by atoms with Crippen LogP contribution in [0.2, 0.25) is 0 Å². The zero-order chi connectivity index (χ0) is 17.1. The van der Waals surface area contributed by atoms with Gasteiger partial charge in [-0.25, -0.2) is 9.97 Å². The monoisotopic (exact) mass is 330 g/mol. The Morgan fingerprint density at radius 1 is 0.920 bits per heavy atom. The first-order chi connectivity index (χ1) is 12.3. The van der Waals surface area contributed by atoms with Crippen molar-refractivity contribution in [3.05, 3.63) is 77.7 Å². The van der Waals surface area contributed by atoms with Gasteiger partial charge in [0.25, 0.3) is 0 Å². The maximum Gasteiger partial charge on any atom is 0.301 e. The number of aromatic amines is 1. The summed E-state index contributed by atoms with van der Waals surface area (Å²) < 4.78 is 5.81. The van der Waals surface area contributed by atoms with Gasteiger partial charge >= 0.3 is 6.01 Å². The second kappa shape index (κ2) is 6.73. The number of aryl methyl sites for hydroxylation is 1. The SMILES string of the molecule is CCc1ncc2[nH]c(Oc3ccc(Cc4ccccc4)cc3)nc2n1. The number of aromatic nitrogens is 4. The summed E-state index contributed by atoms with van der Waals surface area (Å²) in [7, 11) is 0. The van der Waals surface area contributed by atoms with Gasteiger partial charge in [-0.2, -0.15) is 4.98 Å². The van der Waals surface area contributed by atoms with Crippen LogP contribution in [0.3, 0.4) is 0 Å². The Bertz CT molecular complexity index is 978. The van der Waals surface area contributed by atoms with E-state index in [0.717, 1.165) is 29.9 Å². The van der Waals surface area contributed by atoms with Crippen LogP contribution in [-0.2, 0) is 12.8 Å². The van der Waals surface area contributed by atoms with Crippen LogP contribution in [0.4, 0.5) is 0 Å². The Morgan fingerprint density at radius 3 is 2.44 bits per heavy atom. The van der Waals surface area contributed by atoms with Gasteiger partial charge in [0.1, 0.15) is 17.1 Å². The maximum atomic E-state index is 5.81. The fraction of sp³-hybridized carbons (Fsp3) is 0.150. The molecule has 0 aliphatic rings. The molecule has 2 heterocycles. The molecule has 0 amide bonds. The topological polar surface area (TPSA) is 63.7 Å². The Morgan fingerprint density at radius 2 is 1.68 bits per heavy atom. The third kappa shape index (κ3) is 3.50. The molecule has 0 spiro atoms.